The van der Waals surface area contributed by atoms with Crippen molar-refractivity contribution in [3.05, 3.63) is 30.4 Å². The Morgan fingerprint density at radius 3 is 3.08 bits per heavy atom. The maximum atomic E-state index is 9.22. The van der Waals surface area contributed by atoms with Crippen molar-refractivity contribution in [3.8, 4) is 0 Å². The topological polar surface area (TPSA) is 50.4 Å². The molecule has 4 nitrogen and oxygen atoms in total. The predicted octanol–water partition coefficient (Wildman–Crippen LogP) is 0.783. The Kier molecular flexibility index (Phi) is 1.55. The molecule has 4 heteroatoms. The molecule has 1 atom stereocenters. The molecule has 0 radical (unpaired) electrons. The molecule has 0 aliphatic rings. The third kappa shape index (κ3) is 1.06. The van der Waals surface area contributed by atoms with Gasteiger partial charge in [0.15, 0.2) is 0 Å². The largest absolute Gasteiger partial charge is 0.387 e. The molecule has 0 unspecified atom stereocenters. The van der Waals surface area contributed by atoms with Crippen molar-refractivity contribution in [1.29, 1.82) is 0 Å². The summed E-state index contributed by atoms with van der Waals surface area (Å²) in [6, 6.07) is 1.78. The van der Waals surface area contributed by atoms with E-state index in [-0.39, 0.29) is 0 Å². The molecule has 0 aliphatic carbocycles. The first-order valence-electron chi connectivity index (χ1n) is 3.75. The second-order valence-corrected chi connectivity index (χ2v) is 2.66. The Hall–Kier alpha value is -1.42. The third-order valence-corrected chi connectivity index (χ3v) is 1.71. The molecular weight excluding hydrogens is 154 g/mol. The van der Waals surface area contributed by atoms with Crippen LogP contribution in [0, 0.1) is 0 Å². The summed E-state index contributed by atoms with van der Waals surface area (Å²) in [5.41, 5.74) is 0.647. The molecule has 0 aromatic carbocycles. The summed E-state index contributed by atoms with van der Waals surface area (Å²) >= 11 is 0. The molecule has 0 bridgehead atoms. The highest BCUT2D eigenvalue weighted by Gasteiger charge is 2.03. The average Bonchev–Trinajstić information content (AvgIpc) is 2.49. The van der Waals surface area contributed by atoms with E-state index in [0.717, 1.165) is 0 Å². The van der Waals surface area contributed by atoms with Gasteiger partial charge in [0.05, 0.1) is 11.8 Å². The lowest BCUT2D eigenvalue weighted by Crippen LogP contribution is -1.97. The van der Waals surface area contributed by atoms with Gasteiger partial charge in [-0.1, -0.05) is 0 Å². The number of fused-ring (bicyclic) bond motifs is 1. The summed E-state index contributed by atoms with van der Waals surface area (Å²) in [7, 11) is 0. The van der Waals surface area contributed by atoms with Crippen LogP contribution in [0.25, 0.3) is 5.78 Å². The Bertz CT molecular complexity index is 394. The molecule has 0 aliphatic heterocycles. The molecule has 2 heterocycles. The smallest absolute Gasteiger partial charge is 0.233 e. The van der Waals surface area contributed by atoms with E-state index >= 15 is 0 Å². The van der Waals surface area contributed by atoms with Crippen molar-refractivity contribution in [2.45, 2.75) is 13.0 Å². The quantitative estimate of drug-likeness (QED) is 0.676. The monoisotopic (exact) mass is 163 g/mol. The number of aliphatic hydroxyl groups excluding tert-OH is 1. The van der Waals surface area contributed by atoms with Gasteiger partial charge < -0.3 is 5.11 Å². The van der Waals surface area contributed by atoms with Crippen LogP contribution in [-0.4, -0.2) is 19.5 Å². The number of hydrogen-bond acceptors (Lipinski definition) is 3. The van der Waals surface area contributed by atoms with Crippen LogP contribution in [0.5, 0.6) is 0 Å². The van der Waals surface area contributed by atoms with Crippen LogP contribution >= 0.6 is 0 Å². The second-order valence-electron chi connectivity index (χ2n) is 2.66. The first-order chi connectivity index (χ1) is 5.77. The van der Waals surface area contributed by atoms with E-state index < -0.39 is 6.10 Å². The first kappa shape index (κ1) is 7.24. The summed E-state index contributed by atoms with van der Waals surface area (Å²) in [6.45, 7) is 1.68. The van der Waals surface area contributed by atoms with Crippen molar-refractivity contribution in [2.75, 3.05) is 0 Å². The Morgan fingerprint density at radius 2 is 2.33 bits per heavy atom. The van der Waals surface area contributed by atoms with E-state index in [4.69, 9.17) is 0 Å². The Morgan fingerprint density at radius 1 is 1.50 bits per heavy atom. The van der Waals surface area contributed by atoms with Gasteiger partial charge in [-0.2, -0.15) is 0 Å². The molecule has 0 amide bonds. The lowest BCUT2D eigenvalue weighted by atomic mass is 10.3. The molecular formula is C8H9N3O. The zero-order valence-corrected chi connectivity index (χ0v) is 6.68. The summed E-state index contributed by atoms with van der Waals surface area (Å²) in [4.78, 5) is 8.14. The summed E-state index contributed by atoms with van der Waals surface area (Å²) in [5, 5.41) is 9.22. The van der Waals surface area contributed by atoms with Crippen molar-refractivity contribution in [3.63, 3.8) is 0 Å². The highest BCUT2D eigenvalue weighted by molar-refractivity contribution is 5.29. The van der Waals surface area contributed by atoms with E-state index in [9.17, 15) is 5.11 Å². The van der Waals surface area contributed by atoms with Gasteiger partial charge in [-0.25, -0.2) is 9.97 Å². The minimum absolute atomic E-state index is 0.535. The van der Waals surface area contributed by atoms with Gasteiger partial charge in [-0.05, 0) is 13.0 Å². The molecule has 0 spiro atoms. The maximum Gasteiger partial charge on any atom is 0.233 e. The van der Waals surface area contributed by atoms with Crippen LogP contribution in [0.3, 0.4) is 0 Å². The minimum atomic E-state index is -0.535. The Balaban J connectivity index is 2.60. The molecule has 62 valence electrons. The van der Waals surface area contributed by atoms with Crippen molar-refractivity contribution in [1.82, 2.24) is 14.4 Å². The number of aromatic nitrogens is 3. The standard InChI is InChI=1S/C8H9N3O/c1-6(12)7-2-4-11-5-3-9-8(11)10-7/h2-6,12H,1H3/t6-/m0/s1. The Labute approximate surface area is 69.5 Å². The number of hydrogen-bond donors (Lipinski definition) is 1. The maximum absolute atomic E-state index is 9.22. The SMILES string of the molecule is C[C@H](O)c1ccn2ccnc2n1. The van der Waals surface area contributed by atoms with E-state index in [1.807, 2.05) is 12.4 Å². The van der Waals surface area contributed by atoms with Crippen molar-refractivity contribution < 1.29 is 5.11 Å². The lowest BCUT2D eigenvalue weighted by molar-refractivity contribution is 0.194. The lowest BCUT2D eigenvalue weighted by Gasteiger charge is -2.02. The van der Waals surface area contributed by atoms with Gasteiger partial charge in [0.1, 0.15) is 0 Å². The number of nitrogens with zero attached hydrogens (tertiary/aromatic N) is 3. The van der Waals surface area contributed by atoms with Gasteiger partial charge >= 0.3 is 0 Å². The predicted molar refractivity (Wildman–Crippen MR) is 43.6 cm³/mol. The zero-order chi connectivity index (χ0) is 8.55. The second kappa shape index (κ2) is 2.57. The van der Waals surface area contributed by atoms with Crippen molar-refractivity contribution in [2.24, 2.45) is 0 Å². The zero-order valence-electron chi connectivity index (χ0n) is 6.68. The number of imidazole rings is 1. The van der Waals surface area contributed by atoms with Crippen LogP contribution < -0.4 is 0 Å². The van der Waals surface area contributed by atoms with Gasteiger partial charge in [0, 0.05) is 18.6 Å². The van der Waals surface area contributed by atoms with Gasteiger partial charge in [-0.3, -0.25) is 4.40 Å². The first-order valence-corrected chi connectivity index (χ1v) is 3.75. The molecule has 2 aromatic heterocycles. The van der Waals surface area contributed by atoms with E-state index in [1.54, 1.807) is 23.6 Å². The fourth-order valence-electron chi connectivity index (χ4n) is 1.05. The molecule has 0 saturated carbocycles. The minimum Gasteiger partial charge on any atom is -0.387 e. The number of rotatable bonds is 1. The van der Waals surface area contributed by atoms with Gasteiger partial charge in [0.2, 0.25) is 5.78 Å². The number of aliphatic hydroxyl groups is 1. The van der Waals surface area contributed by atoms with E-state index in [0.29, 0.717) is 11.5 Å². The van der Waals surface area contributed by atoms with Crippen LogP contribution in [0.15, 0.2) is 24.7 Å². The van der Waals surface area contributed by atoms with Crippen molar-refractivity contribution >= 4 is 5.78 Å². The van der Waals surface area contributed by atoms with E-state index in [1.165, 1.54) is 0 Å². The fourth-order valence-corrected chi connectivity index (χ4v) is 1.05. The van der Waals surface area contributed by atoms with Gasteiger partial charge in [-0.15, -0.1) is 0 Å². The van der Waals surface area contributed by atoms with Gasteiger partial charge in [0.25, 0.3) is 0 Å². The molecule has 12 heavy (non-hydrogen) atoms. The highest BCUT2D eigenvalue weighted by atomic mass is 16.3. The summed E-state index contributed by atoms with van der Waals surface area (Å²) in [6.07, 6.45) is 4.78. The summed E-state index contributed by atoms with van der Waals surface area (Å²) in [5.74, 6) is 0.619. The fraction of sp³-hybridized carbons (Fsp3) is 0.250. The highest BCUT2D eigenvalue weighted by Crippen LogP contribution is 2.08. The average molecular weight is 163 g/mol. The summed E-state index contributed by atoms with van der Waals surface area (Å²) < 4.78 is 1.80. The molecule has 0 saturated heterocycles. The van der Waals surface area contributed by atoms with Crippen LogP contribution in [-0.2, 0) is 0 Å². The van der Waals surface area contributed by atoms with Crippen LogP contribution in [0.1, 0.15) is 18.7 Å². The third-order valence-electron chi connectivity index (χ3n) is 1.71. The molecule has 1 N–H and O–H groups in total. The molecule has 2 rings (SSSR count). The molecule has 0 fully saturated rings. The molecule has 2 aromatic rings. The van der Waals surface area contributed by atoms with Crippen LogP contribution in [0.4, 0.5) is 0 Å². The van der Waals surface area contributed by atoms with Crippen LogP contribution in [0.2, 0.25) is 0 Å². The normalized spacial score (nSPS) is 13.5. The van der Waals surface area contributed by atoms with E-state index in [2.05, 4.69) is 9.97 Å².